The molecule has 1 aromatic heterocycles. The van der Waals surface area contributed by atoms with Crippen LogP contribution in [0.15, 0.2) is 77.3 Å². The molecule has 0 radical (unpaired) electrons. The van der Waals surface area contributed by atoms with Crippen molar-refractivity contribution in [3.05, 3.63) is 88.4 Å². The Labute approximate surface area is 186 Å². The fraction of sp³-hybridized carbons (Fsp3) is 0.0455. The summed E-state index contributed by atoms with van der Waals surface area (Å²) in [6.07, 6.45) is 0. The first kappa shape index (κ1) is 19.7. The molecule has 3 aromatic carbocycles. The lowest BCUT2D eigenvalue weighted by Crippen LogP contribution is -2.38. The average molecular weight is 482 g/mol. The molecule has 7 heteroatoms. The van der Waals surface area contributed by atoms with Gasteiger partial charge in [0.15, 0.2) is 5.11 Å². The fourth-order valence-corrected chi connectivity index (χ4v) is 4.33. The molecule has 29 heavy (non-hydrogen) atoms. The summed E-state index contributed by atoms with van der Waals surface area (Å²) in [7, 11) is 0. The summed E-state index contributed by atoms with van der Waals surface area (Å²) in [6, 6.07) is 23.5. The second kappa shape index (κ2) is 8.82. The molecule has 1 amide bonds. The maximum absolute atomic E-state index is 12.2. The van der Waals surface area contributed by atoms with Crippen LogP contribution in [0.4, 0.5) is 0 Å². The molecule has 0 aliphatic rings. The van der Waals surface area contributed by atoms with E-state index in [2.05, 4.69) is 49.7 Å². The van der Waals surface area contributed by atoms with Crippen LogP contribution < -0.4 is 10.6 Å². The minimum absolute atomic E-state index is 0.241. The van der Waals surface area contributed by atoms with Crippen molar-refractivity contribution in [3.8, 4) is 10.6 Å². The number of halogens is 1. The molecule has 0 aliphatic heterocycles. The van der Waals surface area contributed by atoms with Crippen LogP contribution in [-0.4, -0.2) is 16.0 Å². The summed E-state index contributed by atoms with van der Waals surface area (Å²) in [5.41, 5.74) is 3.71. The highest BCUT2D eigenvalue weighted by Gasteiger charge is 2.09. The van der Waals surface area contributed by atoms with Crippen molar-refractivity contribution in [1.82, 2.24) is 15.6 Å². The molecule has 0 bridgehead atoms. The smallest absolute Gasteiger partial charge is 0.257 e. The number of hydrogen-bond donors (Lipinski definition) is 2. The molecule has 0 spiro atoms. The zero-order chi connectivity index (χ0) is 20.2. The van der Waals surface area contributed by atoms with Gasteiger partial charge in [-0.25, -0.2) is 4.98 Å². The Balaban J connectivity index is 1.35. The van der Waals surface area contributed by atoms with E-state index in [0.29, 0.717) is 17.2 Å². The number of hydrogen-bond acceptors (Lipinski definition) is 4. The molecule has 4 nitrogen and oxygen atoms in total. The minimum Gasteiger partial charge on any atom is -0.358 e. The molecule has 0 atom stereocenters. The third-order valence-electron chi connectivity index (χ3n) is 4.26. The second-order valence-electron chi connectivity index (χ2n) is 6.33. The number of nitrogens with one attached hydrogen (secondary N) is 2. The van der Waals surface area contributed by atoms with E-state index in [1.54, 1.807) is 23.5 Å². The second-order valence-corrected chi connectivity index (χ2v) is 8.69. The van der Waals surface area contributed by atoms with Gasteiger partial charge in [0, 0.05) is 22.1 Å². The topological polar surface area (TPSA) is 54.0 Å². The van der Waals surface area contributed by atoms with Crippen LogP contribution in [-0.2, 0) is 6.54 Å². The third kappa shape index (κ3) is 4.87. The average Bonchev–Trinajstić information content (AvgIpc) is 3.17. The van der Waals surface area contributed by atoms with Crippen molar-refractivity contribution in [1.29, 1.82) is 0 Å². The number of fused-ring (bicyclic) bond motifs is 1. The number of carbonyl (C=O) groups is 1. The Morgan fingerprint density at radius 2 is 1.83 bits per heavy atom. The van der Waals surface area contributed by atoms with Crippen molar-refractivity contribution in [2.75, 3.05) is 0 Å². The zero-order valence-electron chi connectivity index (χ0n) is 15.2. The van der Waals surface area contributed by atoms with Gasteiger partial charge >= 0.3 is 0 Å². The predicted octanol–water partition coefficient (Wildman–Crippen LogP) is 5.53. The van der Waals surface area contributed by atoms with Crippen LogP contribution in [0.25, 0.3) is 20.8 Å². The Kier molecular flexibility index (Phi) is 5.99. The van der Waals surface area contributed by atoms with E-state index in [0.717, 1.165) is 26.1 Å². The van der Waals surface area contributed by atoms with Crippen LogP contribution in [0.2, 0.25) is 0 Å². The maximum Gasteiger partial charge on any atom is 0.257 e. The number of aromatic nitrogens is 1. The van der Waals surface area contributed by atoms with Crippen molar-refractivity contribution in [3.63, 3.8) is 0 Å². The number of amides is 1. The molecule has 0 saturated carbocycles. The Morgan fingerprint density at radius 3 is 2.59 bits per heavy atom. The maximum atomic E-state index is 12.2. The Bertz CT molecular complexity index is 1160. The summed E-state index contributed by atoms with van der Waals surface area (Å²) in [6.45, 7) is 0.526. The van der Waals surface area contributed by atoms with Gasteiger partial charge in [-0.3, -0.25) is 10.1 Å². The molecule has 144 valence electrons. The molecule has 0 unspecified atom stereocenters. The van der Waals surface area contributed by atoms with E-state index in [9.17, 15) is 4.79 Å². The van der Waals surface area contributed by atoms with Crippen molar-refractivity contribution >= 4 is 60.7 Å². The molecule has 0 aliphatic carbocycles. The van der Waals surface area contributed by atoms with Crippen LogP contribution in [0.3, 0.4) is 0 Å². The zero-order valence-corrected chi connectivity index (χ0v) is 18.4. The first-order chi connectivity index (χ1) is 14.1. The van der Waals surface area contributed by atoms with Gasteiger partial charge in [0.25, 0.3) is 5.91 Å². The van der Waals surface area contributed by atoms with Gasteiger partial charge in [0.1, 0.15) is 5.01 Å². The van der Waals surface area contributed by atoms with Gasteiger partial charge in [0.05, 0.1) is 10.2 Å². The molecular formula is C22H16BrN3OS2. The number of carbonyl (C=O) groups excluding carboxylic acids is 1. The highest BCUT2D eigenvalue weighted by Crippen LogP contribution is 2.29. The summed E-state index contributed by atoms with van der Waals surface area (Å²) >= 11 is 10.3. The molecule has 2 N–H and O–H groups in total. The summed E-state index contributed by atoms with van der Waals surface area (Å²) < 4.78 is 2.03. The number of nitrogens with zero attached hydrogens (tertiary/aromatic N) is 1. The highest BCUT2D eigenvalue weighted by atomic mass is 79.9. The summed E-state index contributed by atoms with van der Waals surface area (Å²) in [5, 5.41) is 7.07. The van der Waals surface area contributed by atoms with Gasteiger partial charge in [-0.1, -0.05) is 58.4 Å². The van der Waals surface area contributed by atoms with Gasteiger partial charge in [-0.2, -0.15) is 0 Å². The number of thiazole rings is 1. The van der Waals surface area contributed by atoms with Crippen molar-refractivity contribution in [2.24, 2.45) is 0 Å². The third-order valence-corrected chi connectivity index (χ3v) is 6.09. The van der Waals surface area contributed by atoms with E-state index >= 15 is 0 Å². The van der Waals surface area contributed by atoms with Gasteiger partial charge in [-0.15, -0.1) is 11.3 Å². The number of rotatable bonds is 4. The predicted molar refractivity (Wildman–Crippen MR) is 126 cm³/mol. The standard InChI is InChI=1S/C22H16BrN3OS2/c23-17-5-3-4-16(12-17)20(27)26-22(28)24-13-14-8-10-15(11-9-14)21-25-18-6-1-2-7-19(18)29-21/h1-12H,13H2,(H2,24,26,27,28). The SMILES string of the molecule is O=C(NC(=S)NCc1ccc(-c2nc3ccccc3s2)cc1)c1cccc(Br)c1. The van der Waals surface area contributed by atoms with Gasteiger partial charge < -0.3 is 5.32 Å². The number of benzene rings is 3. The van der Waals surface area contributed by atoms with Crippen LogP contribution in [0.1, 0.15) is 15.9 Å². The first-order valence-corrected chi connectivity index (χ1v) is 10.9. The summed E-state index contributed by atoms with van der Waals surface area (Å²) in [4.78, 5) is 16.9. The van der Waals surface area contributed by atoms with E-state index in [4.69, 9.17) is 12.2 Å². The van der Waals surface area contributed by atoms with Crippen molar-refractivity contribution < 1.29 is 4.79 Å². The monoisotopic (exact) mass is 481 g/mol. The normalized spacial score (nSPS) is 10.7. The molecule has 4 aromatic rings. The lowest BCUT2D eigenvalue weighted by atomic mass is 10.1. The number of thiocarbonyl (C=S) groups is 1. The van der Waals surface area contributed by atoms with Crippen LogP contribution in [0.5, 0.6) is 0 Å². The molecule has 4 rings (SSSR count). The lowest BCUT2D eigenvalue weighted by Gasteiger charge is -2.10. The van der Waals surface area contributed by atoms with E-state index in [-0.39, 0.29) is 5.91 Å². The Hall–Kier alpha value is -2.61. The quantitative estimate of drug-likeness (QED) is 0.376. The van der Waals surface area contributed by atoms with Gasteiger partial charge in [0.2, 0.25) is 0 Å². The number of para-hydroxylation sites is 1. The van der Waals surface area contributed by atoms with Crippen molar-refractivity contribution in [2.45, 2.75) is 6.54 Å². The molecule has 1 heterocycles. The highest BCUT2D eigenvalue weighted by molar-refractivity contribution is 9.10. The molecular weight excluding hydrogens is 466 g/mol. The van der Waals surface area contributed by atoms with E-state index in [1.807, 2.05) is 42.5 Å². The fourth-order valence-electron chi connectivity index (χ4n) is 2.79. The summed E-state index contributed by atoms with van der Waals surface area (Å²) in [5.74, 6) is -0.241. The minimum atomic E-state index is -0.241. The van der Waals surface area contributed by atoms with Crippen LogP contribution in [0, 0.1) is 0 Å². The molecule has 0 fully saturated rings. The van der Waals surface area contributed by atoms with E-state index in [1.165, 1.54) is 4.70 Å². The van der Waals surface area contributed by atoms with Gasteiger partial charge in [-0.05, 0) is 48.1 Å². The van der Waals surface area contributed by atoms with E-state index < -0.39 is 0 Å². The lowest BCUT2D eigenvalue weighted by molar-refractivity contribution is 0.0976. The first-order valence-electron chi connectivity index (χ1n) is 8.88. The molecule has 0 saturated heterocycles. The van der Waals surface area contributed by atoms with Crippen LogP contribution >= 0.6 is 39.5 Å². The largest absolute Gasteiger partial charge is 0.358 e. The Morgan fingerprint density at radius 1 is 1.03 bits per heavy atom.